The van der Waals surface area contributed by atoms with E-state index in [0.29, 0.717) is 12.2 Å². The lowest BCUT2D eigenvalue weighted by atomic mass is 10.2. The Morgan fingerprint density at radius 3 is 2.60 bits per heavy atom. The van der Waals surface area contributed by atoms with Crippen molar-refractivity contribution in [2.75, 3.05) is 18.1 Å². The maximum Gasteiger partial charge on any atom is 0.273 e. The molecule has 152 valence electrons. The van der Waals surface area contributed by atoms with Crippen LogP contribution in [0.4, 0.5) is 11.5 Å². The number of aromatic nitrogens is 3. The van der Waals surface area contributed by atoms with Crippen LogP contribution < -0.4 is 21.9 Å². The molecular formula is C19H15Cl2N7O2. The van der Waals surface area contributed by atoms with E-state index in [-0.39, 0.29) is 32.7 Å². The summed E-state index contributed by atoms with van der Waals surface area (Å²) >= 11 is 12.4. The summed E-state index contributed by atoms with van der Waals surface area (Å²) in [5.41, 5.74) is 6.18. The van der Waals surface area contributed by atoms with Crippen LogP contribution >= 0.6 is 23.2 Å². The van der Waals surface area contributed by atoms with Crippen LogP contribution in [0.15, 0.2) is 41.7 Å². The topological polar surface area (TPSA) is 139 Å². The molecule has 0 saturated carbocycles. The number of halogens is 2. The zero-order valence-corrected chi connectivity index (χ0v) is 17.1. The zero-order chi connectivity index (χ0) is 21.8. The Hall–Kier alpha value is -3.45. The van der Waals surface area contributed by atoms with E-state index < -0.39 is 11.5 Å². The van der Waals surface area contributed by atoms with E-state index in [0.717, 1.165) is 16.5 Å². The quantitative estimate of drug-likeness (QED) is 0.549. The summed E-state index contributed by atoms with van der Waals surface area (Å²) in [5.74, 6) is -1.02. The van der Waals surface area contributed by atoms with E-state index in [2.05, 4.69) is 20.6 Å². The molecule has 0 bridgehead atoms. The molecule has 1 aromatic carbocycles. The normalized spacial score (nSPS) is 10.5. The summed E-state index contributed by atoms with van der Waals surface area (Å²) in [6.07, 6.45) is 4.20. The van der Waals surface area contributed by atoms with Gasteiger partial charge in [-0.3, -0.25) is 19.1 Å². The number of pyridine rings is 1. The highest BCUT2D eigenvalue weighted by molar-refractivity contribution is 6.38. The predicted octanol–water partition coefficient (Wildman–Crippen LogP) is 2.36. The number of hydrogen-bond acceptors (Lipinski definition) is 7. The van der Waals surface area contributed by atoms with Crippen molar-refractivity contribution in [1.82, 2.24) is 19.9 Å². The molecule has 2 aromatic heterocycles. The molecule has 3 rings (SSSR count). The lowest BCUT2D eigenvalue weighted by molar-refractivity contribution is 0.102. The number of nitrogen functional groups attached to an aromatic ring is 1. The first-order chi connectivity index (χ1) is 14.3. The molecule has 0 atom stereocenters. The van der Waals surface area contributed by atoms with Gasteiger partial charge in [0.05, 0.1) is 39.2 Å². The Kier molecular flexibility index (Phi) is 6.32. The number of anilines is 2. The molecule has 0 unspecified atom stereocenters. The number of carbonyl (C=O) groups excluding carboxylic acids is 1. The van der Waals surface area contributed by atoms with E-state index in [4.69, 9.17) is 34.2 Å². The van der Waals surface area contributed by atoms with Gasteiger partial charge in [0.15, 0.2) is 0 Å². The van der Waals surface area contributed by atoms with E-state index in [1.54, 1.807) is 19.3 Å². The number of nitriles is 1. The number of benzene rings is 1. The Morgan fingerprint density at radius 1 is 1.27 bits per heavy atom. The molecule has 3 aromatic rings. The Bertz CT molecular complexity index is 1210. The molecule has 2 heterocycles. The van der Waals surface area contributed by atoms with E-state index in [1.807, 2.05) is 6.07 Å². The molecule has 9 nitrogen and oxygen atoms in total. The number of carbonyl (C=O) groups is 1. The van der Waals surface area contributed by atoms with Gasteiger partial charge >= 0.3 is 0 Å². The molecule has 1 amide bonds. The Morgan fingerprint density at radius 2 is 1.97 bits per heavy atom. The Balaban J connectivity index is 2.04. The highest BCUT2D eigenvalue weighted by Gasteiger charge is 2.21. The fraction of sp³-hybridized carbons (Fsp3) is 0.105. The van der Waals surface area contributed by atoms with Gasteiger partial charge in [-0.15, -0.1) is 0 Å². The number of amides is 1. The standard InChI is InChI=1S/C19H15Cl2N7O2/c1-24-6-11-2-12(8-25-7-11)27-18(29)15-17(23)26-9-28(19(15)30)16-13(20)3-10(5-22)4-14(16)21/h2-4,7-9,24H,6,23H2,1H3,(H,27,29). The fourth-order valence-corrected chi connectivity index (χ4v) is 3.42. The van der Waals surface area contributed by atoms with Crippen LogP contribution in [-0.4, -0.2) is 27.5 Å². The smallest absolute Gasteiger partial charge is 0.273 e. The van der Waals surface area contributed by atoms with Crippen LogP contribution in [0.5, 0.6) is 0 Å². The molecule has 4 N–H and O–H groups in total. The maximum atomic E-state index is 13.0. The summed E-state index contributed by atoms with van der Waals surface area (Å²) in [4.78, 5) is 33.8. The van der Waals surface area contributed by atoms with Crippen LogP contribution in [0, 0.1) is 11.3 Å². The fourth-order valence-electron chi connectivity index (χ4n) is 2.75. The molecule has 11 heteroatoms. The van der Waals surface area contributed by atoms with Crippen LogP contribution in [-0.2, 0) is 6.54 Å². The molecule has 0 spiro atoms. The SMILES string of the molecule is CNCc1cncc(NC(=O)c2c(N)ncn(-c3c(Cl)cc(C#N)cc3Cl)c2=O)c1. The van der Waals surface area contributed by atoms with E-state index >= 15 is 0 Å². The number of nitrogens with zero attached hydrogens (tertiary/aromatic N) is 4. The average molecular weight is 444 g/mol. The highest BCUT2D eigenvalue weighted by atomic mass is 35.5. The minimum atomic E-state index is -0.771. The number of rotatable bonds is 5. The molecule has 0 radical (unpaired) electrons. The van der Waals surface area contributed by atoms with E-state index in [9.17, 15) is 9.59 Å². The second kappa shape index (κ2) is 8.92. The molecule has 30 heavy (non-hydrogen) atoms. The van der Waals surface area contributed by atoms with Gasteiger partial charge in [-0.05, 0) is 30.8 Å². The van der Waals surface area contributed by atoms with Crippen molar-refractivity contribution in [2.45, 2.75) is 6.54 Å². The van der Waals surface area contributed by atoms with Crippen molar-refractivity contribution in [3.63, 3.8) is 0 Å². The molecular weight excluding hydrogens is 429 g/mol. The van der Waals surface area contributed by atoms with Crippen molar-refractivity contribution in [2.24, 2.45) is 0 Å². The summed E-state index contributed by atoms with van der Waals surface area (Å²) in [5, 5.41) is 14.7. The molecule has 0 aliphatic carbocycles. The summed E-state index contributed by atoms with van der Waals surface area (Å²) < 4.78 is 1.01. The third kappa shape index (κ3) is 4.26. The monoisotopic (exact) mass is 443 g/mol. The second-order valence-corrected chi connectivity index (χ2v) is 6.96. The number of hydrogen-bond donors (Lipinski definition) is 3. The van der Waals surface area contributed by atoms with E-state index in [1.165, 1.54) is 18.3 Å². The Labute approximate surface area is 181 Å². The summed E-state index contributed by atoms with van der Waals surface area (Å²) in [7, 11) is 1.78. The van der Waals surface area contributed by atoms with Crippen LogP contribution in [0.2, 0.25) is 10.0 Å². The third-order valence-electron chi connectivity index (χ3n) is 4.05. The molecule has 0 aliphatic rings. The van der Waals surface area contributed by atoms with Gasteiger partial charge in [0.1, 0.15) is 17.7 Å². The van der Waals surface area contributed by atoms with Crippen molar-refractivity contribution in [3.05, 3.63) is 74.0 Å². The van der Waals surface area contributed by atoms with Gasteiger partial charge in [0, 0.05) is 12.7 Å². The summed E-state index contributed by atoms with van der Waals surface area (Å²) in [6.45, 7) is 0.550. The molecule has 0 aliphatic heterocycles. The van der Waals surface area contributed by atoms with Gasteiger partial charge in [-0.2, -0.15) is 5.26 Å². The highest BCUT2D eigenvalue weighted by Crippen LogP contribution is 2.29. The second-order valence-electron chi connectivity index (χ2n) is 6.15. The van der Waals surface area contributed by atoms with Crippen molar-refractivity contribution < 1.29 is 4.79 Å². The maximum absolute atomic E-state index is 13.0. The molecule has 0 fully saturated rings. The largest absolute Gasteiger partial charge is 0.383 e. The number of nitrogens with one attached hydrogen (secondary N) is 2. The van der Waals surface area contributed by atoms with Crippen molar-refractivity contribution in [1.29, 1.82) is 5.26 Å². The third-order valence-corrected chi connectivity index (χ3v) is 4.62. The zero-order valence-electron chi connectivity index (χ0n) is 15.6. The minimum Gasteiger partial charge on any atom is -0.383 e. The minimum absolute atomic E-state index is 0.0445. The van der Waals surface area contributed by atoms with Gasteiger partial charge in [-0.25, -0.2) is 4.98 Å². The van der Waals surface area contributed by atoms with Gasteiger partial charge in [0.25, 0.3) is 11.5 Å². The van der Waals surface area contributed by atoms with Crippen LogP contribution in [0.1, 0.15) is 21.5 Å². The lowest BCUT2D eigenvalue weighted by Crippen LogP contribution is -2.31. The summed E-state index contributed by atoms with van der Waals surface area (Å²) in [6, 6.07) is 6.33. The van der Waals surface area contributed by atoms with Crippen molar-refractivity contribution >= 4 is 40.6 Å². The first-order valence-corrected chi connectivity index (χ1v) is 9.27. The van der Waals surface area contributed by atoms with Gasteiger partial charge in [-0.1, -0.05) is 23.2 Å². The number of nitrogens with two attached hydrogens (primary N) is 1. The lowest BCUT2D eigenvalue weighted by Gasteiger charge is -2.13. The van der Waals surface area contributed by atoms with Gasteiger partial charge < -0.3 is 16.4 Å². The first kappa shape index (κ1) is 21.3. The molecule has 0 saturated heterocycles. The first-order valence-electron chi connectivity index (χ1n) is 8.52. The average Bonchev–Trinajstić information content (AvgIpc) is 2.69. The van der Waals surface area contributed by atoms with Gasteiger partial charge in [0.2, 0.25) is 0 Å². The predicted molar refractivity (Wildman–Crippen MR) is 114 cm³/mol. The van der Waals surface area contributed by atoms with Crippen LogP contribution in [0.3, 0.4) is 0 Å². The van der Waals surface area contributed by atoms with Crippen molar-refractivity contribution in [3.8, 4) is 11.8 Å². The van der Waals surface area contributed by atoms with Crippen LogP contribution in [0.25, 0.3) is 5.69 Å².